The average Bonchev–Trinajstić information content (AvgIpc) is 2.98. The average molecular weight is 523 g/mol. The molecular formula is C25H22IN3O2. The highest BCUT2D eigenvalue weighted by Crippen LogP contribution is 2.31. The van der Waals surface area contributed by atoms with E-state index in [2.05, 4.69) is 56.8 Å². The number of rotatable bonds is 2. The Morgan fingerprint density at radius 1 is 1.06 bits per heavy atom. The molecule has 2 heterocycles. The number of amides is 1. The number of H-pyrrole nitrogens is 1. The summed E-state index contributed by atoms with van der Waals surface area (Å²) >= 11 is 2.27. The molecule has 5 rings (SSSR count). The molecule has 5 nitrogen and oxygen atoms in total. The summed E-state index contributed by atoms with van der Waals surface area (Å²) in [6.45, 7) is 5.52. The van der Waals surface area contributed by atoms with Crippen LogP contribution in [0.4, 0.5) is 0 Å². The van der Waals surface area contributed by atoms with Crippen LogP contribution in [0.25, 0.3) is 22.2 Å². The monoisotopic (exact) mass is 523 g/mol. The molecule has 3 aromatic carbocycles. The number of imidazole rings is 1. The Hall–Kier alpha value is -2.87. The maximum absolute atomic E-state index is 13.3. The third-order valence-corrected chi connectivity index (χ3v) is 6.35. The Balaban J connectivity index is 1.47. The molecule has 0 fully saturated rings. The van der Waals surface area contributed by atoms with Gasteiger partial charge < -0.3 is 14.6 Å². The van der Waals surface area contributed by atoms with Crippen LogP contribution in [0.15, 0.2) is 54.6 Å². The molecule has 0 spiro atoms. The van der Waals surface area contributed by atoms with E-state index in [1.54, 1.807) is 0 Å². The lowest BCUT2D eigenvalue weighted by Crippen LogP contribution is -2.32. The molecule has 4 aromatic rings. The van der Waals surface area contributed by atoms with Crippen molar-refractivity contribution in [1.82, 2.24) is 14.9 Å². The third-order valence-electron chi connectivity index (χ3n) is 5.68. The number of benzene rings is 3. The van der Waals surface area contributed by atoms with Crippen molar-refractivity contribution in [3.63, 3.8) is 0 Å². The molecular weight excluding hydrogens is 501 g/mol. The number of fused-ring (bicyclic) bond motifs is 2. The summed E-state index contributed by atoms with van der Waals surface area (Å²) in [6.07, 6.45) is 0. The first-order chi connectivity index (χ1) is 15.0. The molecule has 31 heavy (non-hydrogen) atoms. The summed E-state index contributed by atoms with van der Waals surface area (Å²) in [5.41, 5.74) is 6.95. The molecule has 0 unspecified atom stereocenters. The molecule has 0 bridgehead atoms. The summed E-state index contributed by atoms with van der Waals surface area (Å²) < 4.78 is 7.10. The van der Waals surface area contributed by atoms with E-state index < -0.39 is 0 Å². The summed E-state index contributed by atoms with van der Waals surface area (Å²) in [5, 5.41) is 0. The van der Waals surface area contributed by atoms with Gasteiger partial charge in [-0.3, -0.25) is 4.79 Å². The van der Waals surface area contributed by atoms with Crippen LogP contribution in [0.2, 0.25) is 0 Å². The van der Waals surface area contributed by atoms with Gasteiger partial charge in [-0.15, -0.1) is 0 Å². The lowest BCUT2D eigenvalue weighted by atomic mass is 10.0. The molecule has 1 N–H and O–H groups in total. The molecule has 0 radical (unpaired) electrons. The maximum atomic E-state index is 13.3. The Labute approximate surface area is 194 Å². The second-order valence-electron chi connectivity index (χ2n) is 7.91. The molecule has 0 atom stereocenters. The molecule has 6 heteroatoms. The number of carbonyl (C=O) groups is 1. The number of aromatic amines is 1. The normalized spacial score (nSPS) is 13.6. The Kier molecular flexibility index (Phi) is 5.17. The fourth-order valence-corrected chi connectivity index (χ4v) is 4.75. The van der Waals surface area contributed by atoms with Crippen molar-refractivity contribution >= 4 is 39.5 Å². The van der Waals surface area contributed by atoms with E-state index in [9.17, 15) is 4.79 Å². The molecule has 1 amide bonds. The van der Waals surface area contributed by atoms with Crippen molar-refractivity contribution in [1.29, 1.82) is 0 Å². The van der Waals surface area contributed by atoms with Crippen LogP contribution in [-0.2, 0) is 6.54 Å². The van der Waals surface area contributed by atoms with Gasteiger partial charge in [0.2, 0.25) is 0 Å². The van der Waals surface area contributed by atoms with E-state index in [4.69, 9.17) is 4.74 Å². The second kappa shape index (κ2) is 8.00. The van der Waals surface area contributed by atoms with Crippen molar-refractivity contribution < 1.29 is 9.53 Å². The number of halogens is 1. The van der Waals surface area contributed by atoms with Crippen LogP contribution in [-0.4, -0.2) is 33.9 Å². The standard InChI is InChI=1S/C25H22IN3O2/c1-15-11-20(26)5-6-21(15)25(30)29-9-10-31-24-8-4-17(12-19(24)14-29)18-3-7-22-23(13-18)28-16(2)27-22/h3-8,11-13H,9-10,14H2,1-2H3,(H,27,28). The van der Waals surface area contributed by atoms with E-state index >= 15 is 0 Å². The fourth-order valence-electron chi connectivity index (χ4n) is 4.10. The van der Waals surface area contributed by atoms with Crippen LogP contribution in [0.3, 0.4) is 0 Å². The number of carbonyl (C=O) groups excluding carboxylic acids is 1. The molecule has 0 saturated heterocycles. The predicted molar refractivity (Wildman–Crippen MR) is 130 cm³/mol. The van der Waals surface area contributed by atoms with Gasteiger partial charge >= 0.3 is 0 Å². The molecule has 1 aromatic heterocycles. The third kappa shape index (κ3) is 3.92. The second-order valence-corrected chi connectivity index (χ2v) is 9.16. The number of nitrogens with one attached hydrogen (secondary N) is 1. The highest BCUT2D eigenvalue weighted by atomic mass is 127. The van der Waals surface area contributed by atoms with Crippen molar-refractivity contribution in [2.75, 3.05) is 13.2 Å². The number of nitrogens with zero attached hydrogens (tertiary/aromatic N) is 2. The van der Waals surface area contributed by atoms with E-state index in [-0.39, 0.29) is 5.91 Å². The Bertz CT molecular complexity index is 1310. The number of hydrogen-bond donors (Lipinski definition) is 1. The highest BCUT2D eigenvalue weighted by Gasteiger charge is 2.22. The minimum Gasteiger partial charge on any atom is -0.491 e. The predicted octanol–water partition coefficient (Wildman–Crippen LogP) is 5.49. The molecule has 0 aliphatic carbocycles. The SMILES string of the molecule is Cc1nc2ccc(-c3ccc4c(c3)CN(C(=O)c3ccc(I)cc3C)CCO4)cc2[nH]1. The van der Waals surface area contributed by atoms with Crippen LogP contribution in [0.1, 0.15) is 27.3 Å². The van der Waals surface area contributed by atoms with Crippen molar-refractivity contribution in [3.05, 3.63) is 80.7 Å². The van der Waals surface area contributed by atoms with Crippen LogP contribution in [0, 0.1) is 17.4 Å². The lowest BCUT2D eigenvalue weighted by Gasteiger charge is -2.21. The molecule has 1 aliphatic rings. The van der Waals surface area contributed by atoms with Crippen LogP contribution in [0.5, 0.6) is 5.75 Å². The lowest BCUT2D eigenvalue weighted by molar-refractivity contribution is 0.0732. The van der Waals surface area contributed by atoms with Gasteiger partial charge in [0.1, 0.15) is 18.2 Å². The van der Waals surface area contributed by atoms with Crippen molar-refractivity contribution in [3.8, 4) is 16.9 Å². The zero-order valence-corrected chi connectivity index (χ0v) is 19.6. The number of ether oxygens (including phenoxy) is 1. The maximum Gasteiger partial charge on any atom is 0.254 e. The molecule has 1 aliphatic heterocycles. The quantitative estimate of drug-likeness (QED) is 0.354. The van der Waals surface area contributed by atoms with Crippen molar-refractivity contribution in [2.45, 2.75) is 20.4 Å². The van der Waals surface area contributed by atoms with Gasteiger partial charge in [0.25, 0.3) is 5.91 Å². The topological polar surface area (TPSA) is 58.2 Å². The van der Waals surface area contributed by atoms with Gasteiger partial charge in [0.15, 0.2) is 0 Å². The Morgan fingerprint density at radius 2 is 1.87 bits per heavy atom. The van der Waals surface area contributed by atoms with Gasteiger partial charge in [-0.2, -0.15) is 0 Å². The first-order valence-corrected chi connectivity index (χ1v) is 11.3. The van der Waals surface area contributed by atoms with E-state index in [1.807, 2.05) is 49.1 Å². The largest absolute Gasteiger partial charge is 0.491 e. The van der Waals surface area contributed by atoms with Gasteiger partial charge in [0.05, 0.1) is 17.6 Å². The van der Waals surface area contributed by atoms with Gasteiger partial charge in [0, 0.05) is 21.2 Å². The molecule has 0 saturated carbocycles. The summed E-state index contributed by atoms with van der Waals surface area (Å²) in [5.74, 6) is 1.80. The summed E-state index contributed by atoms with van der Waals surface area (Å²) in [4.78, 5) is 22.9. The zero-order chi connectivity index (χ0) is 21.5. The van der Waals surface area contributed by atoms with Gasteiger partial charge in [-0.1, -0.05) is 12.1 Å². The van der Waals surface area contributed by atoms with Gasteiger partial charge in [-0.05, 0) is 95.6 Å². The number of hydrogen-bond acceptors (Lipinski definition) is 3. The number of aryl methyl sites for hydroxylation is 2. The smallest absolute Gasteiger partial charge is 0.254 e. The van der Waals surface area contributed by atoms with Crippen molar-refractivity contribution in [2.24, 2.45) is 0 Å². The van der Waals surface area contributed by atoms with Gasteiger partial charge in [-0.25, -0.2) is 4.98 Å². The minimum atomic E-state index is 0.0464. The first-order valence-electron chi connectivity index (χ1n) is 10.3. The zero-order valence-electron chi connectivity index (χ0n) is 17.4. The summed E-state index contributed by atoms with van der Waals surface area (Å²) in [7, 11) is 0. The highest BCUT2D eigenvalue weighted by molar-refractivity contribution is 14.1. The Morgan fingerprint density at radius 3 is 2.71 bits per heavy atom. The molecule has 156 valence electrons. The van der Waals surface area contributed by atoms with Crippen LogP contribution < -0.4 is 4.74 Å². The first kappa shape index (κ1) is 20.1. The van der Waals surface area contributed by atoms with E-state index in [0.29, 0.717) is 19.7 Å². The minimum absolute atomic E-state index is 0.0464. The van der Waals surface area contributed by atoms with E-state index in [1.165, 1.54) is 0 Å². The summed E-state index contributed by atoms with van der Waals surface area (Å²) in [6, 6.07) is 18.4. The fraction of sp³-hybridized carbons (Fsp3) is 0.200. The van der Waals surface area contributed by atoms with E-state index in [0.717, 1.165) is 54.0 Å². The van der Waals surface area contributed by atoms with Crippen LogP contribution >= 0.6 is 22.6 Å². The number of aromatic nitrogens is 2.